The van der Waals surface area contributed by atoms with Gasteiger partial charge in [-0.05, 0) is 43.5 Å². The molecule has 106 valence electrons. The van der Waals surface area contributed by atoms with Crippen LogP contribution < -0.4 is 5.73 Å². The second-order valence-electron chi connectivity index (χ2n) is 5.13. The molecular formula is C16H20ClN3. The van der Waals surface area contributed by atoms with Crippen LogP contribution in [0.3, 0.4) is 0 Å². The highest BCUT2D eigenvalue weighted by molar-refractivity contribution is 6.31. The van der Waals surface area contributed by atoms with Gasteiger partial charge in [0.15, 0.2) is 0 Å². The van der Waals surface area contributed by atoms with Crippen molar-refractivity contribution in [3.05, 3.63) is 57.6 Å². The highest BCUT2D eigenvalue weighted by atomic mass is 35.5. The minimum atomic E-state index is 0.282. The van der Waals surface area contributed by atoms with Crippen molar-refractivity contribution in [3.8, 4) is 0 Å². The Hall–Kier alpha value is -1.45. The molecule has 0 aliphatic rings. The molecule has 1 atom stereocenters. The minimum absolute atomic E-state index is 0.282. The molecule has 20 heavy (non-hydrogen) atoms. The molecule has 4 heteroatoms. The van der Waals surface area contributed by atoms with Gasteiger partial charge in [0.1, 0.15) is 5.82 Å². The summed E-state index contributed by atoms with van der Waals surface area (Å²) in [5.74, 6) is 1.09. The summed E-state index contributed by atoms with van der Waals surface area (Å²) in [6, 6.07) is 7.80. The Morgan fingerprint density at radius 2 is 1.75 bits per heavy atom. The summed E-state index contributed by atoms with van der Waals surface area (Å²) >= 11 is 6.19. The van der Waals surface area contributed by atoms with Crippen LogP contribution in [-0.2, 0) is 6.42 Å². The highest BCUT2D eigenvalue weighted by Crippen LogP contribution is 2.22. The zero-order chi connectivity index (χ0) is 14.7. The maximum atomic E-state index is 6.19. The van der Waals surface area contributed by atoms with E-state index in [-0.39, 0.29) is 5.92 Å². The van der Waals surface area contributed by atoms with E-state index in [4.69, 9.17) is 17.3 Å². The van der Waals surface area contributed by atoms with E-state index in [0.29, 0.717) is 13.0 Å². The lowest BCUT2D eigenvalue weighted by Gasteiger charge is -2.15. The molecule has 1 aromatic heterocycles. The number of benzene rings is 1. The van der Waals surface area contributed by atoms with E-state index in [1.54, 1.807) is 0 Å². The standard InChI is InChI=1S/C16H20ClN3/c1-10(9-18)16-11(2)19-15(20-12(16)3)8-13-6-4-5-7-14(13)17/h4-7,10H,8-9,18H2,1-3H3. The summed E-state index contributed by atoms with van der Waals surface area (Å²) in [7, 11) is 0. The molecule has 0 fully saturated rings. The average Bonchev–Trinajstić information content (AvgIpc) is 2.40. The van der Waals surface area contributed by atoms with Gasteiger partial charge in [-0.15, -0.1) is 0 Å². The summed E-state index contributed by atoms with van der Waals surface area (Å²) < 4.78 is 0. The quantitative estimate of drug-likeness (QED) is 0.938. The van der Waals surface area contributed by atoms with Gasteiger partial charge in [0, 0.05) is 22.8 Å². The molecule has 1 heterocycles. The number of rotatable bonds is 4. The van der Waals surface area contributed by atoms with Crippen LogP contribution in [0.1, 0.15) is 41.2 Å². The predicted octanol–water partition coefficient (Wildman–Crippen LogP) is 3.40. The van der Waals surface area contributed by atoms with Gasteiger partial charge >= 0.3 is 0 Å². The van der Waals surface area contributed by atoms with Crippen molar-refractivity contribution in [2.24, 2.45) is 5.73 Å². The first-order valence-electron chi connectivity index (χ1n) is 6.80. The van der Waals surface area contributed by atoms with Crippen molar-refractivity contribution in [1.82, 2.24) is 9.97 Å². The van der Waals surface area contributed by atoms with Crippen LogP contribution >= 0.6 is 11.6 Å². The lowest BCUT2D eigenvalue weighted by Crippen LogP contribution is -2.15. The highest BCUT2D eigenvalue weighted by Gasteiger charge is 2.14. The number of hydrogen-bond acceptors (Lipinski definition) is 3. The van der Waals surface area contributed by atoms with E-state index in [9.17, 15) is 0 Å². The Bertz CT molecular complexity index is 587. The third kappa shape index (κ3) is 3.17. The van der Waals surface area contributed by atoms with Crippen molar-refractivity contribution in [2.45, 2.75) is 33.1 Å². The summed E-state index contributed by atoms with van der Waals surface area (Å²) in [6.07, 6.45) is 0.651. The van der Waals surface area contributed by atoms with Crippen molar-refractivity contribution in [3.63, 3.8) is 0 Å². The molecule has 2 rings (SSSR count). The van der Waals surface area contributed by atoms with E-state index in [1.165, 1.54) is 0 Å². The maximum Gasteiger partial charge on any atom is 0.133 e. The first-order valence-corrected chi connectivity index (χ1v) is 7.18. The molecule has 2 N–H and O–H groups in total. The second kappa shape index (κ2) is 6.33. The smallest absolute Gasteiger partial charge is 0.133 e. The summed E-state index contributed by atoms with van der Waals surface area (Å²) in [5, 5.41) is 0.755. The second-order valence-corrected chi connectivity index (χ2v) is 5.54. The molecule has 0 aliphatic carbocycles. The first-order chi connectivity index (χ1) is 9.52. The van der Waals surface area contributed by atoms with Gasteiger partial charge < -0.3 is 5.73 Å². The molecule has 3 nitrogen and oxygen atoms in total. The fraction of sp³-hybridized carbons (Fsp3) is 0.375. The number of aryl methyl sites for hydroxylation is 2. The van der Waals surface area contributed by atoms with Gasteiger partial charge in [0.25, 0.3) is 0 Å². The predicted molar refractivity (Wildman–Crippen MR) is 83.2 cm³/mol. The van der Waals surface area contributed by atoms with E-state index in [2.05, 4.69) is 16.9 Å². The number of nitrogens with zero attached hydrogens (tertiary/aromatic N) is 2. The van der Waals surface area contributed by atoms with Crippen LogP contribution in [0.5, 0.6) is 0 Å². The molecule has 0 spiro atoms. The van der Waals surface area contributed by atoms with Gasteiger partial charge in [0.2, 0.25) is 0 Å². The molecule has 0 saturated heterocycles. The molecule has 0 bridgehead atoms. The van der Waals surface area contributed by atoms with Crippen molar-refractivity contribution in [2.75, 3.05) is 6.54 Å². The van der Waals surface area contributed by atoms with E-state index in [0.717, 1.165) is 33.4 Å². The number of nitrogens with two attached hydrogens (primary N) is 1. The van der Waals surface area contributed by atoms with E-state index < -0.39 is 0 Å². The van der Waals surface area contributed by atoms with Crippen LogP contribution in [-0.4, -0.2) is 16.5 Å². The van der Waals surface area contributed by atoms with E-state index in [1.807, 2.05) is 38.1 Å². The molecule has 0 saturated carbocycles. The van der Waals surface area contributed by atoms with Crippen LogP contribution in [0.2, 0.25) is 5.02 Å². The fourth-order valence-electron chi connectivity index (χ4n) is 2.52. The van der Waals surface area contributed by atoms with Gasteiger partial charge in [0.05, 0.1) is 0 Å². The summed E-state index contributed by atoms with van der Waals surface area (Å²) in [5.41, 5.74) is 9.98. The molecule has 0 radical (unpaired) electrons. The first kappa shape index (κ1) is 14.9. The van der Waals surface area contributed by atoms with Gasteiger partial charge in [-0.2, -0.15) is 0 Å². The van der Waals surface area contributed by atoms with Crippen molar-refractivity contribution in [1.29, 1.82) is 0 Å². The Morgan fingerprint density at radius 1 is 1.15 bits per heavy atom. The van der Waals surface area contributed by atoms with Crippen molar-refractivity contribution < 1.29 is 0 Å². The lowest BCUT2D eigenvalue weighted by molar-refractivity contribution is 0.733. The Balaban J connectivity index is 2.34. The molecule has 1 aromatic carbocycles. The summed E-state index contributed by atoms with van der Waals surface area (Å²) in [4.78, 5) is 9.23. The third-order valence-electron chi connectivity index (χ3n) is 3.53. The van der Waals surface area contributed by atoms with Crippen LogP contribution in [0.25, 0.3) is 0 Å². The summed E-state index contributed by atoms with van der Waals surface area (Å²) in [6.45, 7) is 6.75. The van der Waals surface area contributed by atoms with Crippen LogP contribution in [0.4, 0.5) is 0 Å². The zero-order valence-corrected chi connectivity index (χ0v) is 12.9. The monoisotopic (exact) mass is 289 g/mol. The zero-order valence-electron chi connectivity index (χ0n) is 12.2. The Labute approximate surface area is 125 Å². The van der Waals surface area contributed by atoms with Gasteiger partial charge in [-0.3, -0.25) is 0 Å². The molecule has 2 aromatic rings. The molecule has 0 aliphatic heterocycles. The maximum absolute atomic E-state index is 6.19. The van der Waals surface area contributed by atoms with E-state index >= 15 is 0 Å². The normalized spacial score (nSPS) is 12.4. The number of hydrogen-bond donors (Lipinski definition) is 1. The fourth-order valence-corrected chi connectivity index (χ4v) is 2.72. The van der Waals surface area contributed by atoms with Gasteiger partial charge in [-0.1, -0.05) is 36.7 Å². The molecule has 0 amide bonds. The van der Waals surface area contributed by atoms with Crippen LogP contribution in [0.15, 0.2) is 24.3 Å². The van der Waals surface area contributed by atoms with Crippen molar-refractivity contribution >= 4 is 11.6 Å². The average molecular weight is 290 g/mol. The largest absolute Gasteiger partial charge is 0.330 e. The van der Waals surface area contributed by atoms with Crippen LogP contribution in [0, 0.1) is 13.8 Å². The SMILES string of the molecule is Cc1nc(Cc2ccccc2Cl)nc(C)c1C(C)CN. The third-order valence-corrected chi connectivity index (χ3v) is 3.89. The Kier molecular flexibility index (Phi) is 4.73. The lowest BCUT2D eigenvalue weighted by atomic mass is 9.98. The Morgan fingerprint density at radius 3 is 2.30 bits per heavy atom. The minimum Gasteiger partial charge on any atom is -0.330 e. The number of aromatic nitrogens is 2. The van der Waals surface area contributed by atoms with Gasteiger partial charge in [-0.25, -0.2) is 9.97 Å². The molecule has 1 unspecified atom stereocenters. The molecular weight excluding hydrogens is 270 g/mol. The number of halogens is 1. The topological polar surface area (TPSA) is 51.8 Å².